The number of alkyl halides is 2. The number of halogens is 2. The minimum atomic E-state index is -2.96. The molecular formula is C8H10F2O3. The quantitative estimate of drug-likeness (QED) is 0.490. The van der Waals surface area contributed by atoms with Crippen LogP contribution in [0.3, 0.4) is 0 Å². The van der Waals surface area contributed by atoms with Crippen LogP contribution in [0.2, 0.25) is 0 Å². The van der Waals surface area contributed by atoms with Gasteiger partial charge in [-0.1, -0.05) is 6.92 Å². The largest absolute Gasteiger partial charge is 0.393 e. The minimum Gasteiger partial charge on any atom is -0.393 e. The highest BCUT2D eigenvalue weighted by molar-refractivity contribution is 5.94. The summed E-state index contributed by atoms with van der Waals surface area (Å²) in [4.78, 5) is 21.5. The first-order valence-electron chi connectivity index (χ1n) is 3.94. The first-order valence-corrected chi connectivity index (χ1v) is 3.94. The normalized spacial score (nSPS) is 26.0. The van der Waals surface area contributed by atoms with Crippen molar-refractivity contribution in [3.8, 4) is 0 Å². The third-order valence-corrected chi connectivity index (χ3v) is 2.31. The molecule has 1 saturated heterocycles. The Kier molecular flexibility index (Phi) is 2.36. The van der Waals surface area contributed by atoms with E-state index < -0.39 is 29.7 Å². The number of hydrogen-bond acceptors (Lipinski definition) is 3. The summed E-state index contributed by atoms with van der Waals surface area (Å²) in [6, 6.07) is 0. The average molecular weight is 192 g/mol. The lowest BCUT2D eigenvalue weighted by atomic mass is 9.88. The zero-order valence-electron chi connectivity index (χ0n) is 7.34. The highest BCUT2D eigenvalue weighted by Gasteiger charge is 2.45. The molecule has 0 radical (unpaired) electrons. The molecule has 2 atom stereocenters. The maximum atomic E-state index is 12.7. The molecule has 0 aliphatic carbocycles. The smallest absolute Gasteiger partial charge is 0.317 e. The number of carbonyl (C=O) groups excluding carboxylic acids is 2. The molecule has 0 amide bonds. The second-order valence-electron chi connectivity index (χ2n) is 3.35. The van der Waals surface area contributed by atoms with Gasteiger partial charge in [-0.25, -0.2) is 8.78 Å². The third kappa shape index (κ3) is 2.02. The maximum Gasteiger partial charge on any atom is 0.317 e. The van der Waals surface area contributed by atoms with E-state index in [9.17, 15) is 18.4 Å². The van der Waals surface area contributed by atoms with Crippen LogP contribution in [0, 0.1) is 11.8 Å². The number of rotatable bonds is 2. The molecule has 0 spiro atoms. The van der Waals surface area contributed by atoms with E-state index in [1.807, 2.05) is 0 Å². The Morgan fingerprint density at radius 1 is 1.54 bits per heavy atom. The number of esters is 2. The van der Waals surface area contributed by atoms with Crippen molar-refractivity contribution in [2.24, 2.45) is 11.8 Å². The lowest BCUT2D eigenvalue weighted by Crippen LogP contribution is -2.31. The Morgan fingerprint density at radius 2 is 2.08 bits per heavy atom. The van der Waals surface area contributed by atoms with Crippen molar-refractivity contribution < 1.29 is 23.1 Å². The number of hydrogen-bond donors (Lipinski definition) is 0. The highest BCUT2D eigenvalue weighted by Crippen LogP contribution is 2.35. The van der Waals surface area contributed by atoms with E-state index in [0.29, 0.717) is 0 Å². The van der Waals surface area contributed by atoms with Gasteiger partial charge in [-0.15, -0.1) is 0 Å². The average Bonchev–Trinajstić information content (AvgIpc) is 2.26. The molecule has 5 heteroatoms. The van der Waals surface area contributed by atoms with E-state index in [1.54, 1.807) is 0 Å². The van der Waals surface area contributed by atoms with Gasteiger partial charge in [0.1, 0.15) is 0 Å². The summed E-state index contributed by atoms with van der Waals surface area (Å²) >= 11 is 0. The zero-order valence-corrected chi connectivity index (χ0v) is 7.34. The Bertz CT molecular complexity index is 244. The predicted octanol–water partition coefficient (Wildman–Crippen LogP) is 1.37. The molecule has 1 aliphatic heterocycles. The van der Waals surface area contributed by atoms with Crippen molar-refractivity contribution in [3.63, 3.8) is 0 Å². The first kappa shape index (κ1) is 10.1. The predicted molar refractivity (Wildman–Crippen MR) is 39.0 cm³/mol. The van der Waals surface area contributed by atoms with Crippen LogP contribution in [-0.2, 0) is 14.3 Å². The van der Waals surface area contributed by atoms with Crippen LogP contribution in [-0.4, -0.2) is 17.9 Å². The van der Waals surface area contributed by atoms with Crippen molar-refractivity contribution in [2.45, 2.75) is 26.2 Å². The number of cyclic esters (lactones) is 2. The Labute approximate surface area is 74.1 Å². The van der Waals surface area contributed by atoms with Crippen LogP contribution in [0.15, 0.2) is 0 Å². The topological polar surface area (TPSA) is 43.4 Å². The molecule has 0 aromatic heterocycles. The van der Waals surface area contributed by atoms with Gasteiger partial charge in [-0.05, 0) is 6.92 Å². The van der Waals surface area contributed by atoms with Crippen LogP contribution < -0.4 is 0 Å². The molecule has 1 rings (SSSR count). The van der Waals surface area contributed by atoms with E-state index in [-0.39, 0.29) is 6.42 Å². The van der Waals surface area contributed by atoms with Crippen molar-refractivity contribution in [2.75, 3.05) is 0 Å². The molecule has 0 bridgehead atoms. The molecule has 0 aromatic carbocycles. The van der Waals surface area contributed by atoms with E-state index in [1.165, 1.54) is 6.92 Å². The number of ether oxygens (including phenoxy) is 1. The van der Waals surface area contributed by atoms with Crippen LogP contribution in [0.25, 0.3) is 0 Å². The highest BCUT2D eigenvalue weighted by atomic mass is 19.3. The molecule has 13 heavy (non-hydrogen) atoms. The zero-order chi connectivity index (χ0) is 10.2. The summed E-state index contributed by atoms with van der Waals surface area (Å²) in [5.74, 6) is -6.67. The van der Waals surface area contributed by atoms with Crippen molar-refractivity contribution >= 4 is 11.9 Å². The van der Waals surface area contributed by atoms with Crippen LogP contribution >= 0.6 is 0 Å². The van der Waals surface area contributed by atoms with E-state index in [0.717, 1.165) is 6.92 Å². The van der Waals surface area contributed by atoms with Crippen molar-refractivity contribution in [1.29, 1.82) is 0 Å². The van der Waals surface area contributed by atoms with Crippen LogP contribution in [0.5, 0.6) is 0 Å². The molecule has 0 saturated carbocycles. The van der Waals surface area contributed by atoms with Gasteiger partial charge in [0.15, 0.2) is 0 Å². The first-order chi connectivity index (χ1) is 5.82. The fourth-order valence-corrected chi connectivity index (χ4v) is 1.23. The molecule has 3 nitrogen and oxygen atoms in total. The lowest BCUT2D eigenvalue weighted by molar-refractivity contribution is -0.155. The Hall–Kier alpha value is -1.00. The molecule has 1 aliphatic rings. The maximum absolute atomic E-state index is 12.7. The lowest BCUT2D eigenvalue weighted by Gasteiger charge is -2.21. The second-order valence-corrected chi connectivity index (χ2v) is 3.35. The fraction of sp³-hybridized carbons (Fsp3) is 0.750. The molecule has 74 valence electrons. The molecule has 2 unspecified atom stereocenters. The van der Waals surface area contributed by atoms with Crippen molar-refractivity contribution in [1.82, 2.24) is 0 Å². The third-order valence-electron chi connectivity index (χ3n) is 2.31. The second kappa shape index (κ2) is 3.05. The van der Waals surface area contributed by atoms with E-state index in [4.69, 9.17) is 0 Å². The van der Waals surface area contributed by atoms with Gasteiger partial charge < -0.3 is 4.74 Å². The fourth-order valence-electron chi connectivity index (χ4n) is 1.23. The summed E-state index contributed by atoms with van der Waals surface area (Å²) in [5.41, 5.74) is 0. The van der Waals surface area contributed by atoms with Crippen LogP contribution in [0.4, 0.5) is 8.78 Å². The van der Waals surface area contributed by atoms with Gasteiger partial charge in [-0.3, -0.25) is 9.59 Å². The van der Waals surface area contributed by atoms with Crippen molar-refractivity contribution in [3.05, 3.63) is 0 Å². The molecule has 1 heterocycles. The summed E-state index contributed by atoms with van der Waals surface area (Å²) in [6.07, 6.45) is -0.233. The van der Waals surface area contributed by atoms with E-state index in [2.05, 4.69) is 4.74 Å². The Balaban J connectivity index is 2.73. The summed E-state index contributed by atoms with van der Waals surface area (Å²) in [7, 11) is 0. The summed E-state index contributed by atoms with van der Waals surface area (Å²) in [5, 5.41) is 0. The van der Waals surface area contributed by atoms with E-state index >= 15 is 0 Å². The summed E-state index contributed by atoms with van der Waals surface area (Å²) in [6.45, 7) is 1.97. The van der Waals surface area contributed by atoms with Crippen LogP contribution in [0.1, 0.15) is 20.3 Å². The van der Waals surface area contributed by atoms with Gasteiger partial charge in [0, 0.05) is 5.92 Å². The summed E-state index contributed by atoms with van der Waals surface area (Å²) < 4.78 is 29.7. The van der Waals surface area contributed by atoms with Gasteiger partial charge in [0.2, 0.25) is 5.92 Å². The molecule has 1 fully saturated rings. The van der Waals surface area contributed by atoms with Gasteiger partial charge in [-0.2, -0.15) is 0 Å². The van der Waals surface area contributed by atoms with Gasteiger partial charge >= 0.3 is 11.9 Å². The standard InChI is InChI=1S/C8H10F2O3/c1-4(8(2,9)10)5-3-6(11)13-7(5)12/h4-5H,3H2,1-2H3. The monoisotopic (exact) mass is 192 g/mol. The van der Waals surface area contributed by atoms with Gasteiger partial charge in [0.05, 0.1) is 12.3 Å². The Morgan fingerprint density at radius 3 is 2.38 bits per heavy atom. The SMILES string of the molecule is CC(C1CC(=O)OC1=O)C(C)(F)F. The van der Waals surface area contributed by atoms with Gasteiger partial charge in [0.25, 0.3) is 0 Å². The molecule has 0 aromatic rings. The molecular weight excluding hydrogens is 182 g/mol. The number of carbonyl (C=O) groups is 2. The minimum absolute atomic E-state index is 0.233. The molecule has 0 N–H and O–H groups in total.